The molecule has 1 N–H and O–H groups in total. The molecule has 1 aromatic rings. The van der Waals surface area contributed by atoms with Gasteiger partial charge in [-0.2, -0.15) is 0 Å². The molecule has 0 atom stereocenters. The molecule has 5 heteroatoms. The number of rotatable bonds is 7. The summed E-state index contributed by atoms with van der Waals surface area (Å²) in [6.45, 7) is 12.8. The summed E-state index contributed by atoms with van der Waals surface area (Å²) in [4.78, 5) is 17.7. The Labute approximate surface area is 170 Å². The molecule has 28 heavy (non-hydrogen) atoms. The van der Waals surface area contributed by atoms with Crippen molar-refractivity contribution in [1.29, 1.82) is 0 Å². The van der Waals surface area contributed by atoms with E-state index in [0.717, 1.165) is 56.1 Å². The van der Waals surface area contributed by atoms with E-state index in [4.69, 9.17) is 4.74 Å². The summed E-state index contributed by atoms with van der Waals surface area (Å²) in [5, 5.41) is 3.20. The molecule has 2 aliphatic rings. The molecule has 5 nitrogen and oxygen atoms in total. The van der Waals surface area contributed by atoms with Gasteiger partial charge in [-0.05, 0) is 56.5 Å². The van der Waals surface area contributed by atoms with Gasteiger partial charge in [0.1, 0.15) is 5.75 Å². The lowest BCUT2D eigenvalue weighted by Gasteiger charge is -2.50. The number of benzene rings is 1. The first-order chi connectivity index (χ1) is 13.5. The van der Waals surface area contributed by atoms with Crippen molar-refractivity contribution in [1.82, 2.24) is 15.1 Å². The Morgan fingerprint density at radius 3 is 2.29 bits per heavy atom. The van der Waals surface area contributed by atoms with Gasteiger partial charge in [-0.15, -0.1) is 0 Å². The molecule has 1 aliphatic heterocycles. The van der Waals surface area contributed by atoms with Crippen molar-refractivity contribution >= 4 is 5.91 Å². The lowest BCUT2D eigenvalue weighted by molar-refractivity contribution is -0.124. The minimum Gasteiger partial charge on any atom is -0.484 e. The average Bonchev–Trinajstić information content (AvgIpc) is 2.71. The number of aryl methyl sites for hydroxylation is 2. The highest BCUT2D eigenvalue weighted by Gasteiger charge is 2.39. The summed E-state index contributed by atoms with van der Waals surface area (Å²) < 4.78 is 5.74. The van der Waals surface area contributed by atoms with Gasteiger partial charge < -0.3 is 15.0 Å². The number of piperazine rings is 1. The normalized spacial score (nSPS) is 20.7. The number of carbonyl (C=O) groups excluding carboxylic acids is 1. The van der Waals surface area contributed by atoms with E-state index in [1.54, 1.807) is 0 Å². The molecule has 1 amide bonds. The molecule has 1 saturated heterocycles. The Morgan fingerprint density at radius 1 is 1.04 bits per heavy atom. The third-order valence-corrected chi connectivity index (χ3v) is 6.45. The number of carbonyl (C=O) groups is 1. The predicted molar refractivity (Wildman–Crippen MR) is 114 cm³/mol. The van der Waals surface area contributed by atoms with Crippen LogP contribution in [0, 0.1) is 13.8 Å². The number of amides is 1. The number of hydrogen-bond donors (Lipinski definition) is 1. The van der Waals surface area contributed by atoms with Crippen LogP contribution in [0.3, 0.4) is 0 Å². The van der Waals surface area contributed by atoms with Gasteiger partial charge in [0.05, 0.1) is 0 Å². The number of nitrogens with zero attached hydrogens (tertiary/aromatic N) is 2. The van der Waals surface area contributed by atoms with E-state index in [2.05, 4.69) is 28.1 Å². The van der Waals surface area contributed by atoms with Gasteiger partial charge in [-0.3, -0.25) is 9.69 Å². The van der Waals surface area contributed by atoms with Gasteiger partial charge in [0.25, 0.3) is 5.91 Å². The smallest absolute Gasteiger partial charge is 0.258 e. The molecule has 1 heterocycles. The van der Waals surface area contributed by atoms with Crippen molar-refractivity contribution in [3.63, 3.8) is 0 Å². The molecule has 2 fully saturated rings. The quantitative estimate of drug-likeness (QED) is 0.781. The van der Waals surface area contributed by atoms with Crippen LogP contribution < -0.4 is 10.1 Å². The standard InChI is InChI=1S/C23H37N3O2/c1-4-25-10-12-26(13-11-25)23(8-6-5-7-9-23)18-24-22(27)17-28-21-15-19(2)14-20(3)16-21/h14-16H,4-13,17-18H2,1-3H3,(H,24,27). The fourth-order valence-corrected chi connectivity index (χ4v) is 4.83. The van der Waals surface area contributed by atoms with Crippen LogP contribution in [0.25, 0.3) is 0 Å². The topological polar surface area (TPSA) is 44.8 Å². The fraction of sp³-hybridized carbons (Fsp3) is 0.696. The van der Waals surface area contributed by atoms with Gasteiger partial charge in [0.15, 0.2) is 6.61 Å². The van der Waals surface area contributed by atoms with Crippen LogP contribution in [0.5, 0.6) is 5.75 Å². The minimum atomic E-state index is -0.0173. The van der Waals surface area contributed by atoms with Crippen molar-refractivity contribution < 1.29 is 9.53 Å². The summed E-state index contributed by atoms with van der Waals surface area (Å²) >= 11 is 0. The maximum atomic E-state index is 12.5. The predicted octanol–water partition coefficient (Wildman–Crippen LogP) is 3.14. The molecule has 0 spiro atoms. The maximum Gasteiger partial charge on any atom is 0.258 e. The molecule has 3 rings (SSSR count). The minimum absolute atomic E-state index is 0.0173. The second-order valence-electron chi connectivity index (χ2n) is 8.60. The van der Waals surface area contributed by atoms with Crippen LogP contribution in [0.15, 0.2) is 18.2 Å². The highest BCUT2D eigenvalue weighted by Crippen LogP contribution is 2.34. The Morgan fingerprint density at radius 2 is 1.68 bits per heavy atom. The Hall–Kier alpha value is -1.59. The zero-order valence-corrected chi connectivity index (χ0v) is 17.9. The van der Waals surface area contributed by atoms with Crippen molar-refractivity contribution in [2.24, 2.45) is 0 Å². The van der Waals surface area contributed by atoms with Crippen molar-refractivity contribution in [3.05, 3.63) is 29.3 Å². The van der Waals surface area contributed by atoms with Crippen LogP contribution in [0.1, 0.15) is 50.2 Å². The molecule has 0 aromatic heterocycles. The van der Waals surface area contributed by atoms with E-state index >= 15 is 0 Å². The second kappa shape index (κ2) is 9.75. The van der Waals surface area contributed by atoms with Crippen molar-refractivity contribution in [3.8, 4) is 5.75 Å². The molecule has 0 radical (unpaired) electrons. The molecule has 156 valence electrons. The average molecular weight is 388 g/mol. The molecule has 1 saturated carbocycles. The van der Waals surface area contributed by atoms with Crippen molar-refractivity contribution in [2.45, 2.75) is 58.4 Å². The molecular weight excluding hydrogens is 350 g/mol. The van der Waals surface area contributed by atoms with Crippen LogP contribution in [0.2, 0.25) is 0 Å². The lowest BCUT2D eigenvalue weighted by Crippen LogP contribution is -2.62. The number of hydrogen-bond acceptors (Lipinski definition) is 4. The summed E-state index contributed by atoms with van der Waals surface area (Å²) in [5.41, 5.74) is 2.44. The second-order valence-corrected chi connectivity index (χ2v) is 8.60. The van der Waals surface area contributed by atoms with E-state index in [1.807, 2.05) is 26.0 Å². The molecule has 1 aromatic carbocycles. The van der Waals surface area contributed by atoms with E-state index in [0.29, 0.717) is 0 Å². The van der Waals surface area contributed by atoms with Crippen LogP contribution >= 0.6 is 0 Å². The zero-order valence-electron chi connectivity index (χ0n) is 17.9. The van der Waals surface area contributed by atoms with Crippen LogP contribution in [0.4, 0.5) is 0 Å². The molecule has 0 bridgehead atoms. The molecule has 1 aliphatic carbocycles. The van der Waals surface area contributed by atoms with E-state index in [1.165, 1.54) is 32.1 Å². The summed E-state index contributed by atoms with van der Waals surface area (Å²) in [6.07, 6.45) is 6.24. The monoisotopic (exact) mass is 387 g/mol. The Balaban J connectivity index is 1.53. The lowest BCUT2D eigenvalue weighted by atomic mass is 9.79. The first-order valence-corrected chi connectivity index (χ1v) is 11.0. The Kier molecular flexibility index (Phi) is 7.36. The van der Waals surface area contributed by atoms with Gasteiger partial charge in [0.2, 0.25) is 0 Å². The highest BCUT2D eigenvalue weighted by molar-refractivity contribution is 5.77. The molecular formula is C23H37N3O2. The number of likely N-dealkylation sites (N-methyl/N-ethyl adjacent to an activating group) is 1. The number of nitrogens with one attached hydrogen (secondary N) is 1. The van der Waals surface area contributed by atoms with Crippen LogP contribution in [-0.2, 0) is 4.79 Å². The number of ether oxygens (including phenoxy) is 1. The largest absolute Gasteiger partial charge is 0.484 e. The first kappa shape index (κ1) is 21.1. The van der Waals surface area contributed by atoms with Crippen LogP contribution in [-0.4, -0.2) is 67.1 Å². The highest BCUT2D eigenvalue weighted by atomic mass is 16.5. The maximum absolute atomic E-state index is 12.5. The van der Waals surface area contributed by atoms with Gasteiger partial charge >= 0.3 is 0 Å². The zero-order chi connectivity index (χ0) is 20.0. The summed E-state index contributed by atoms with van der Waals surface area (Å²) in [5.74, 6) is 0.756. The Bertz CT molecular complexity index is 627. The van der Waals surface area contributed by atoms with E-state index < -0.39 is 0 Å². The SMILES string of the molecule is CCN1CCN(C2(CNC(=O)COc3cc(C)cc(C)c3)CCCCC2)CC1. The third kappa shape index (κ3) is 5.48. The first-order valence-electron chi connectivity index (χ1n) is 11.0. The summed E-state index contributed by atoms with van der Waals surface area (Å²) in [7, 11) is 0. The fourth-order valence-electron chi connectivity index (χ4n) is 4.83. The van der Waals surface area contributed by atoms with Crippen molar-refractivity contribution in [2.75, 3.05) is 45.9 Å². The third-order valence-electron chi connectivity index (χ3n) is 6.45. The van der Waals surface area contributed by atoms with E-state index in [-0.39, 0.29) is 18.1 Å². The van der Waals surface area contributed by atoms with Gasteiger partial charge in [0, 0.05) is 38.3 Å². The van der Waals surface area contributed by atoms with E-state index in [9.17, 15) is 4.79 Å². The molecule has 0 unspecified atom stereocenters. The van der Waals surface area contributed by atoms with Gasteiger partial charge in [-0.1, -0.05) is 32.3 Å². The summed E-state index contributed by atoms with van der Waals surface area (Å²) in [6, 6.07) is 6.07. The van der Waals surface area contributed by atoms with Gasteiger partial charge in [-0.25, -0.2) is 0 Å².